The number of nitrogens with two attached hydrogens (primary N) is 2. The minimum Gasteiger partial charge on any atom is -0.350 e. The summed E-state index contributed by atoms with van der Waals surface area (Å²) in [6, 6.07) is 6.00. The van der Waals surface area contributed by atoms with Gasteiger partial charge in [0.25, 0.3) is 5.91 Å². The summed E-state index contributed by atoms with van der Waals surface area (Å²) in [6.45, 7) is 0.777. The number of rotatable bonds is 6. The summed E-state index contributed by atoms with van der Waals surface area (Å²) in [5.74, 6) is -3.47. The average Bonchev–Trinajstić information content (AvgIpc) is 2.64. The van der Waals surface area contributed by atoms with Gasteiger partial charge in [0, 0.05) is 28.7 Å². The molecular formula is C19H20F3IN4O. The molecule has 2 atom stereocenters. The molecule has 0 aliphatic carbocycles. The fraction of sp³-hybridized carbons (Fsp3) is 0.316. The lowest BCUT2D eigenvalue weighted by atomic mass is 9.94. The molecule has 28 heavy (non-hydrogen) atoms. The summed E-state index contributed by atoms with van der Waals surface area (Å²) < 4.78 is 43.1. The highest BCUT2D eigenvalue weighted by atomic mass is 127. The molecule has 2 aromatic carbocycles. The van der Waals surface area contributed by atoms with Crippen LogP contribution in [0.25, 0.3) is 0 Å². The summed E-state index contributed by atoms with van der Waals surface area (Å²) in [5.41, 5.74) is 10.9. The Kier molecular flexibility index (Phi) is 6.46. The SMILES string of the molecule is NCC(N)CC1CCN1C(=O)c1ccc(F)c(F)c1Nc1ccc(I)cc1F. The Morgan fingerprint density at radius 2 is 2.00 bits per heavy atom. The van der Waals surface area contributed by atoms with Crippen molar-refractivity contribution in [2.24, 2.45) is 11.5 Å². The predicted octanol–water partition coefficient (Wildman–Crippen LogP) is 3.34. The van der Waals surface area contributed by atoms with Crippen molar-refractivity contribution in [3.8, 4) is 0 Å². The number of benzene rings is 2. The molecule has 0 spiro atoms. The van der Waals surface area contributed by atoms with Crippen molar-refractivity contribution in [2.45, 2.75) is 24.9 Å². The van der Waals surface area contributed by atoms with E-state index >= 15 is 0 Å². The number of carbonyl (C=O) groups excluding carboxylic acids is 1. The van der Waals surface area contributed by atoms with Crippen molar-refractivity contribution in [1.29, 1.82) is 0 Å². The Morgan fingerprint density at radius 1 is 1.25 bits per heavy atom. The number of hydrogen-bond acceptors (Lipinski definition) is 4. The van der Waals surface area contributed by atoms with Crippen LogP contribution in [-0.4, -0.2) is 36.0 Å². The van der Waals surface area contributed by atoms with Crippen molar-refractivity contribution in [2.75, 3.05) is 18.4 Å². The lowest BCUT2D eigenvalue weighted by Crippen LogP contribution is -2.54. The number of nitrogens with one attached hydrogen (secondary N) is 1. The molecule has 1 aliphatic heterocycles. The Bertz CT molecular complexity index is 896. The molecule has 0 saturated carbocycles. The van der Waals surface area contributed by atoms with Gasteiger partial charge < -0.3 is 21.7 Å². The molecule has 0 bridgehead atoms. The van der Waals surface area contributed by atoms with Gasteiger partial charge in [0.05, 0.1) is 16.9 Å². The van der Waals surface area contributed by atoms with Crippen molar-refractivity contribution in [1.82, 2.24) is 4.90 Å². The molecule has 1 fully saturated rings. The van der Waals surface area contributed by atoms with Crippen LogP contribution in [0.4, 0.5) is 24.5 Å². The van der Waals surface area contributed by atoms with Gasteiger partial charge in [0.1, 0.15) is 5.82 Å². The molecule has 5 N–H and O–H groups in total. The van der Waals surface area contributed by atoms with Crippen LogP contribution in [0.2, 0.25) is 0 Å². The molecule has 1 amide bonds. The van der Waals surface area contributed by atoms with Crippen molar-refractivity contribution in [3.63, 3.8) is 0 Å². The van der Waals surface area contributed by atoms with E-state index in [1.807, 2.05) is 22.6 Å². The van der Waals surface area contributed by atoms with Crippen LogP contribution < -0.4 is 16.8 Å². The van der Waals surface area contributed by atoms with E-state index in [4.69, 9.17) is 11.5 Å². The van der Waals surface area contributed by atoms with E-state index in [9.17, 15) is 18.0 Å². The highest BCUT2D eigenvalue weighted by molar-refractivity contribution is 14.1. The normalized spacial score (nSPS) is 17.2. The summed E-state index contributed by atoms with van der Waals surface area (Å²) in [7, 11) is 0. The number of anilines is 2. The van der Waals surface area contributed by atoms with Gasteiger partial charge in [-0.3, -0.25) is 4.79 Å². The first-order valence-electron chi connectivity index (χ1n) is 8.78. The minimum absolute atomic E-state index is 0.0516. The zero-order valence-corrected chi connectivity index (χ0v) is 17.0. The Labute approximate surface area is 174 Å². The summed E-state index contributed by atoms with van der Waals surface area (Å²) >= 11 is 1.94. The van der Waals surface area contributed by atoms with Gasteiger partial charge in [-0.05, 0) is 65.8 Å². The van der Waals surface area contributed by atoms with Crippen molar-refractivity contribution in [3.05, 3.63) is 56.9 Å². The van der Waals surface area contributed by atoms with E-state index in [1.165, 1.54) is 18.2 Å². The number of halogens is 4. The molecule has 1 heterocycles. The maximum atomic E-state index is 14.5. The van der Waals surface area contributed by atoms with Crippen LogP contribution >= 0.6 is 22.6 Å². The topological polar surface area (TPSA) is 84.4 Å². The van der Waals surface area contributed by atoms with E-state index < -0.39 is 23.4 Å². The third-order valence-corrected chi connectivity index (χ3v) is 5.47. The third-order valence-electron chi connectivity index (χ3n) is 4.80. The molecule has 150 valence electrons. The highest BCUT2D eigenvalue weighted by Crippen LogP contribution is 2.32. The van der Waals surface area contributed by atoms with Crippen molar-refractivity contribution >= 4 is 39.9 Å². The first-order valence-corrected chi connectivity index (χ1v) is 9.86. The maximum absolute atomic E-state index is 14.5. The molecule has 2 aromatic rings. The number of amides is 1. The Balaban J connectivity index is 1.91. The van der Waals surface area contributed by atoms with Crippen molar-refractivity contribution < 1.29 is 18.0 Å². The van der Waals surface area contributed by atoms with Gasteiger partial charge in [0.15, 0.2) is 11.6 Å². The standard InChI is InChI=1S/C19H20F3IN4O/c20-14-3-2-13(19(28)27-6-5-12(27)8-11(25)9-24)18(17(14)22)26-16-4-1-10(23)7-15(16)21/h1-4,7,11-12,26H,5-6,8-9,24-25H2. The molecule has 0 aromatic heterocycles. The molecule has 3 rings (SSSR count). The van der Waals surface area contributed by atoms with Crippen LogP contribution in [0.15, 0.2) is 30.3 Å². The lowest BCUT2D eigenvalue weighted by Gasteiger charge is -2.42. The second-order valence-electron chi connectivity index (χ2n) is 6.71. The first-order chi connectivity index (χ1) is 13.3. The minimum atomic E-state index is -1.24. The van der Waals surface area contributed by atoms with Crippen LogP contribution in [0, 0.1) is 21.0 Å². The predicted molar refractivity (Wildman–Crippen MR) is 110 cm³/mol. The number of nitrogens with zero attached hydrogens (tertiary/aromatic N) is 1. The van der Waals surface area contributed by atoms with Crippen LogP contribution in [0.1, 0.15) is 23.2 Å². The maximum Gasteiger partial charge on any atom is 0.256 e. The van der Waals surface area contributed by atoms with Gasteiger partial charge in [-0.15, -0.1) is 0 Å². The fourth-order valence-electron chi connectivity index (χ4n) is 3.13. The second kappa shape index (κ2) is 8.66. The molecule has 1 aliphatic rings. The van der Waals surface area contributed by atoms with E-state index in [2.05, 4.69) is 5.32 Å². The molecule has 1 saturated heterocycles. The fourth-order valence-corrected chi connectivity index (χ4v) is 3.58. The van der Waals surface area contributed by atoms with Gasteiger partial charge in [-0.1, -0.05) is 0 Å². The Morgan fingerprint density at radius 3 is 2.61 bits per heavy atom. The van der Waals surface area contributed by atoms with E-state index in [-0.39, 0.29) is 29.0 Å². The zero-order chi connectivity index (χ0) is 20.4. The van der Waals surface area contributed by atoms with Gasteiger partial charge in [0.2, 0.25) is 0 Å². The van der Waals surface area contributed by atoms with E-state index in [0.29, 0.717) is 23.1 Å². The van der Waals surface area contributed by atoms with E-state index in [0.717, 1.165) is 12.5 Å². The molecule has 5 nitrogen and oxygen atoms in total. The van der Waals surface area contributed by atoms with Gasteiger partial charge in [-0.2, -0.15) is 0 Å². The van der Waals surface area contributed by atoms with Gasteiger partial charge in [-0.25, -0.2) is 13.2 Å². The monoisotopic (exact) mass is 504 g/mol. The summed E-state index contributed by atoms with van der Waals surface area (Å²) in [5, 5.41) is 2.54. The van der Waals surface area contributed by atoms with Gasteiger partial charge >= 0.3 is 0 Å². The van der Waals surface area contributed by atoms with Crippen LogP contribution in [0.3, 0.4) is 0 Å². The highest BCUT2D eigenvalue weighted by Gasteiger charge is 2.35. The summed E-state index contributed by atoms with van der Waals surface area (Å²) in [4.78, 5) is 14.5. The zero-order valence-electron chi connectivity index (χ0n) is 14.9. The smallest absolute Gasteiger partial charge is 0.256 e. The molecular weight excluding hydrogens is 484 g/mol. The molecule has 9 heteroatoms. The Hall–Kier alpha value is -1.85. The third kappa shape index (κ3) is 4.26. The summed E-state index contributed by atoms with van der Waals surface area (Å²) in [6.07, 6.45) is 1.29. The lowest BCUT2D eigenvalue weighted by molar-refractivity contribution is 0.0431. The van der Waals surface area contributed by atoms with Crippen LogP contribution in [-0.2, 0) is 0 Å². The largest absolute Gasteiger partial charge is 0.350 e. The quantitative estimate of drug-likeness (QED) is 0.528. The number of carbonyl (C=O) groups is 1. The molecule has 2 unspecified atom stereocenters. The second-order valence-corrected chi connectivity index (χ2v) is 7.95. The first kappa shape index (κ1) is 20.9. The number of likely N-dealkylation sites (tertiary alicyclic amines) is 1. The average molecular weight is 504 g/mol. The van der Waals surface area contributed by atoms with Crippen LogP contribution in [0.5, 0.6) is 0 Å². The van der Waals surface area contributed by atoms with E-state index in [1.54, 1.807) is 11.0 Å². The molecule has 0 radical (unpaired) electrons. The number of hydrogen-bond donors (Lipinski definition) is 3.